The molecule has 1 aromatic rings. The predicted octanol–water partition coefficient (Wildman–Crippen LogP) is 2.93. The molecule has 2 N–H and O–H groups in total. The van der Waals surface area contributed by atoms with Crippen LogP contribution in [0.1, 0.15) is 45.1 Å². The molecule has 31 heavy (non-hydrogen) atoms. The van der Waals surface area contributed by atoms with Crippen molar-refractivity contribution < 1.29 is 23.7 Å². The Labute approximate surface area is 185 Å². The van der Waals surface area contributed by atoms with Crippen LogP contribution in [0.5, 0.6) is 17.2 Å². The van der Waals surface area contributed by atoms with E-state index >= 15 is 0 Å². The van der Waals surface area contributed by atoms with E-state index in [1.807, 2.05) is 26.0 Å². The molecule has 174 valence electrons. The van der Waals surface area contributed by atoms with Gasteiger partial charge in [-0.05, 0) is 46.0 Å². The van der Waals surface area contributed by atoms with Crippen molar-refractivity contribution in [3.63, 3.8) is 0 Å². The fraction of sp³-hybridized carbons (Fsp3) is 0.652. The lowest BCUT2D eigenvalue weighted by atomic mass is 9.86. The van der Waals surface area contributed by atoms with Gasteiger partial charge in [0.1, 0.15) is 17.2 Å². The third kappa shape index (κ3) is 7.22. The fourth-order valence-electron chi connectivity index (χ4n) is 3.85. The Morgan fingerprint density at radius 3 is 2.19 bits per heavy atom. The first kappa shape index (κ1) is 24.6. The summed E-state index contributed by atoms with van der Waals surface area (Å²) in [5, 5.41) is 6.83. The molecule has 0 saturated heterocycles. The monoisotopic (exact) mass is 435 g/mol. The van der Waals surface area contributed by atoms with E-state index in [9.17, 15) is 4.79 Å². The minimum atomic E-state index is -0.0658. The maximum atomic E-state index is 11.9. The van der Waals surface area contributed by atoms with Gasteiger partial charge in [0.25, 0.3) is 0 Å². The third-order valence-electron chi connectivity index (χ3n) is 5.48. The smallest absolute Gasteiger partial charge is 0.308 e. The number of guanidine groups is 1. The number of hydrogen-bond acceptors (Lipinski definition) is 6. The normalized spacial score (nSPS) is 18.8. The van der Waals surface area contributed by atoms with E-state index in [2.05, 4.69) is 10.6 Å². The van der Waals surface area contributed by atoms with Gasteiger partial charge in [0.15, 0.2) is 5.96 Å². The second-order valence-electron chi connectivity index (χ2n) is 7.47. The summed E-state index contributed by atoms with van der Waals surface area (Å²) in [6, 6.07) is 4.01. The Morgan fingerprint density at radius 1 is 1.03 bits per heavy atom. The van der Waals surface area contributed by atoms with Crippen LogP contribution < -0.4 is 24.8 Å². The van der Waals surface area contributed by atoms with Gasteiger partial charge in [-0.15, -0.1) is 0 Å². The van der Waals surface area contributed by atoms with Crippen molar-refractivity contribution in [3.8, 4) is 17.2 Å². The van der Waals surface area contributed by atoms with E-state index in [1.54, 1.807) is 21.3 Å². The molecule has 0 aromatic heterocycles. The number of benzene rings is 1. The molecule has 0 bridgehead atoms. The molecule has 8 nitrogen and oxygen atoms in total. The van der Waals surface area contributed by atoms with Gasteiger partial charge in [-0.2, -0.15) is 0 Å². The van der Waals surface area contributed by atoms with E-state index in [4.69, 9.17) is 23.9 Å². The van der Waals surface area contributed by atoms with Gasteiger partial charge in [-0.25, -0.2) is 0 Å². The van der Waals surface area contributed by atoms with Crippen LogP contribution in [0.15, 0.2) is 17.1 Å². The van der Waals surface area contributed by atoms with Crippen LogP contribution in [0.3, 0.4) is 0 Å². The number of rotatable bonds is 10. The minimum Gasteiger partial charge on any atom is -0.496 e. The molecule has 0 amide bonds. The van der Waals surface area contributed by atoms with E-state index in [0.717, 1.165) is 55.3 Å². The van der Waals surface area contributed by atoms with Crippen molar-refractivity contribution in [2.45, 2.75) is 52.0 Å². The highest BCUT2D eigenvalue weighted by Gasteiger charge is 2.27. The molecule has 1 saturated carbocycles. The zero-order valence-electron chi connectivity index (χ0n) is 19.5. The summed E-state index contributed by atoms with van der Waals surface area (Å²) in [4.78, 5) is 16.7. The zero-order chi connectivity index (χ0) is 22.6. The van der Waals surface area contributed by atoms with Crippen molar-refractivity contribution in [2.75, 3.05) is 41.0 Å². The van der Waals surface area contributed by atoms with Crippen LogP contribution >= 0.6 is 0 Å². The maximum Gasteiger partial charge on any atom is 0.308 e. The van der Waals surface area contributed by atoms with Crippen molar-refractivity contribution in [1.29, 1.82) is 0 Å². The molecule has 1 aliphatic carbocycles. The Morgan fingerprint density at radius 2 is 1.68 bits per heavy atom. The van der Waals surface area contributed by atoms with Crippen LogP contribution in [-0.4, -0.2) is 59.0 Å². The fourth-order valence-corrected chi connectivity index (χ4v) is 3.85. The first-order valence-corrected chi connectivity index (χ1v) is 11.1. The SMILES string of the molecule is CCNC(=NCCc1c(OC)cc(OC)cc1OC)NC1CCC(C(=O)OCC)CC1. The summed E-state index contributed by atoms with van der Waals surface area (Å²) in [5.41, 5.74) is 0.959. The first-order chi connectivity index (χ1) is 15.1. The largest absolute Gasteiger partial charge is 0.496 e. The third-order valence-corrected chi connectivity index (χ3v) is 5.48. The first-order valence-electron chi connectivity index (χ1n) is 11.1. The number of ether oxygens (including phenoxy) is 4. The Kier molecular flexibility index (Phi) is 10.3. The molecule has 0 radical (unpaired) electrons. The number of methoxy groups -OCH3 is 3. The highest BCUT2D eigenvalue weighted by molar-refractivity contribution is 5.80. The lowest BCUT2D eigenvalue weighted by Crippen LogP contribution is -2.45. The van der Waals surface area contributed by atoms with Crippen molar-refractivity contribution in [1.82, 2.24) is 10.6 Å². The molecular weight excluding hydrogens is 398 g/mol. The summed E-state index contributed by atoms with van der Waals surface area (Å²) >= 11 is 0. The molecule has 0 unspecified atom stereocenters. The molecule has 2 rings (SSSR count). The molecular formula is C23H37N3O5. The van der Waals surface area contributed by atoms with Crippen LogP contribution in [0, 0.1) is 5.92 Å². The Balaban J connectivity index is 1.97. The summed E-state index contributed by atoms with van der Waals surface area (Å²) in [6.07, 6.45) is 4.21. The summed E-state index contributed by atoms with van der Waals surface area (Å²) in [7, 11) is 4.89. The quantitative estimate of drug-likeness (QED) is 0.332. The number of carbonyl (C=O) groups is 1. The minimum absolute atomic E-state index is 0.0209. The standard InChI is InChI=1S/C23H37N3O5/c1-6-24-23(26-17-10-8-16(9-11-17)22(27)31-7-2)25-13-12-19-20(29-4)14-18(28-3)15-21(19)30-5/h14-17H,6-13H2,1-5H3,(H2,24,25,26). The molecule has 0 heterocycles. The highest BCUT2D eigenvalue weighted by atomic mass is 16.5. The predicted molar refractivity (Wildman–Crippen MR) is 121 cm³/mol. The molecule has 1 aliphatic rings. The van der Waals surface area contributed by atoms with Crippen LogP contribution in [0.25, 0.3) is 0 Å². The van der Waals surface area contributed by atoms with Gasteiger partial charge in [0.2, 0.25) is 0 Å². The Bertz CT molecular complexity index is 705. The highest BCUT2D eigenvalue weighted by Crippen LogP contribution is 2.34. The van der Waals surface area contributed by atoms with E-state index < -0.39 is 0 Å². The van der Waals surface area contributed by atoms with Crippen molar-refractivity contribution in [2.24, 2.45) is 10.9 Å². The zero-order valence-corrected chi connectivity index (χ0v) is 19.5. The second-order valence-corrected chi connectivity index (χ2v) is 7.47. The number of nitrogens with zero attached hydrogens (tertiary/aromatic N) is 1. The van der Waals surface area contributed by atoms with Crippen LogP contribution in [0.2, 0.25) is 0 Å². The summed E-state index contributed by atoms with van der Waals surface area (Å²) in [5.74, 6) is 2.88. The lowest BCUT2D eigenvalue weighted by molar-refractivity contribution is -0.149. The molecule has 8 heteroatoms. The summed E-state index contributed by atoms with van der Waals surface area (Å²) in [6.45, 7) is 5.69. The molecule has 0 aliphatic heterocycles. The molecule has 0 spiro atoms. The molecule has 1 aromatic carbocycles. The van der Waals surface area contributed by atoms with Gasteiger partial charge in [-0.1, -0.05) is 0 Å². The van der Waals surface area contributed by atoms with Gasteiger partial charge < -0.3 is 29.6 Å². The maximum absolute atomic E-state index is 11.9. The number of esters is 1. The average Bonchev–Trinajstić information content (AvgIpc) is 2.79. The number of carbonyl (C=O) groups excluding carboxylic acids is 1. The van der Waals surface area contributed by atoms with Crippen molar-refractivity contribution in [3.05, 3.63) is 17.7 Å². The van der Waals surface area contributed by atoms with E-state index in [1.165, 1.54) is 0 Å². The Hall–Kier alpha value is -2.64. The topological polar surface area (TPSA) is 90.4 Å². The summed E-state index contributed by atoms with van der Waals surface area (Å²) < 4.78 is 21.5. The molecule has 0 atom stereocenters. The average molecular weight is 436 g/mol. The number of nitrogens with one attached hydrogen (secondary N) is 2. The van der Waals surface area contributed by atoms with Gasteiger partial charge >= 0.3 is 5.97 Å². The van der Waals surface area contributed by atoms with E-state index in [0.29, 0.717) is 31.4 Å². The molecule has 1 fully saturated rings. The lowest BCUT2D eigenvalue weighted by Gasteiger charge is -2.29. The van der Waals surface area contributed by atoms with Crippen molar-refractivity contribution >= 4 is 11.9 Å². The number of aliphatic imine (C=N–C) groups is 1. The second kappa shape index (κ2) is 12.9. The van der Waals surface area contributed by atoms with Crippen LogP contribution in [-0.2, 0) is 16.0 Å². The van der Waals surface area contributed by atoms with Gasteiger partial charge in [-0.3, -0.25) is 9.79 Å². The number of hydrogen-bond donors (Lipinski definition) is 2. The van der Waals surface area contributed by atoms with Crippen LogP contribution in [0.4, 0.5) is 0 Å². The van der Waals surface area contributed by atoms with Gasteiger partial charge in [0, 0.05) is 36.8 Å². The van der Waals surface area contributed by atoms with E-state index in [-0.39, 0.29) is 11.9 Å². The van der Waals surface area contributed by atoms with Gasteiger partial charge in [0.05, 0.1) is 33.9 Å².